The van der Waals surface area contributed by atoms with Crippen molar-refractivity contribution in [2.24, 2.45) is 5.92 Å². The number of thioether (sulfide) groups is 1. The van der Waals surface area contributed by atoms with Gasteiger partial charge in [0.15, 0.2) is 17.1 Å². The second-order valence-corrected chi connectivity index (χ2v) is 8.79. The molecule has 0 saturated heterocycles. The molecule has 3 aromatic rings. The highest BCUT2D eigenvalue weighted by Crippen LogP contribution is 2.26. The Hall–Kier alpha value is -2.58. The lowest BCUT2D eigenvalue weighted by Crippen LogP contribution is -2.17. The van der Waals surface area contributed by atoms with Crippen molar-refractivity contribution >= 4 is 35.0 Å². The molecule has 6 nitrogen and oxygen atoms in total. The summed E-state index contributed by atoms with van der Waals surface area (Å²) in [6, 6.07) is 12.8. The molecule has 31 heavy (non-hydrogen) atoms. The van der Waals surface area contributed by atoms with Crippen molar-refractivity contribution in [3.05, 3.63) is 65.2 Å². The molecule has 2 aromatic carbocycles. The molecule has 1 amide bonds. The fourth-order valence-corrected chi connectivity index (χ4v) is 3.85. The maximum atomic E-state index is 13.1. The molecule has 0 fully saturated rings. The van der Waals surface area contributed by atoms with Gasteiger partial charge in [0.1, 0.15) is 11.6 Å². The topological polar surface area (TPSA) is 69.0 Å². The predicted molar refractivity (Wildman–Crippen MR) is 121 cm³/mol. The van der Waals surface area contributed by atoms with Gasteiger partial charge in [-0.3, -0.25) is 4.79 Å². The van der Waals surface area contributed by atoms with Crippen molar-refractivity contribution in [3.63, 3.8) is 0 Å². The van der Waals surface area contributed by atoms with E-state index in [-0.39, 0.29) is 17.5 Å². The monoisotopic (exact) mass is 462 g/mol. The van der Waals surface area contributed by atoms with Crippen molar-refractivity contribution in [1.29, 1.82) is 0 Å². The number of rotatable bonds is 9. The highest BCUT2D eigenvalue weighted by molar-refractivity contribution is 7.99. The number of nitrogens with zero attached hydrogens (tertiary/aromatic N) is 3. The molecule has 9 heteroatoms. The number of amides is 1. The maximum Gasteiger partial charge on any atom is 0.234 e. The van der Waals surface area contributed by atoms with E-state index in [1.165, 1.54) is 23.9 Å². The van der Waals surface area contributed by atoms with Crippen LogP contribution in [0.2, 0.25) is 5.02 Å². The van der Waals surface area contributed by atoms with Gasteiger partial charge < -0.3 is 14.6 Å². The van der Waals surface area contributed by atoms with Gasteiger partial charge in [-0.15, -0.1) is 10.2 Å². The summed E-state index contributed by atoms with van der Waals surface area (Å²) in [5, 5.41) is 12.6. The van der Waals surface area contributed by atoms with Crippen LogP contribution in [0, 0.1) is 11.7 Å². The van der Waals surface area contributed by atoms with Crippen LogP contribution in [0.3, 0.4) is 0 Å². The van der Waals surface area contributed by atoms with Crippen LogP contribution in [0.5, 0.6) is 5.75 Å². The van der Waals surface area contributed by atoms with E-state index in [2.05, 4.69) is 29.4 Å². The minimum absolute atomic E-state index is 0.163. The summed E-state index contributed by atoms with van der Waals surface area (Å²) in [6.45, 7) is 6.73. The Morgan fingerprint density at radius 3 is 2.61 bits per heavy atom. The molecule has 3 rings (SSSR count). The normalized spacial score (nSPS) is 12.1. The first-order chi connectivity index (χ1) is 14.8. The summed E-state index contributed by atoms with van der Waals surface area (Å²) in [5.41, 5.74) is 0.642. The Bertz CT molecular complexity index is 1030. The summed E-state index contributed by atoms with van der Waals surface area (Å²) in [6.07, 6.45) is -0.397. The first kappa shape index (κ1) is 23.1. The highest BCUT2D eigenvalue weighted by atomic mass is 35.5. The van der Waals surface area contributed by atoms with Gasteiger partial charge in [0.2, 0.25) is 5.91 Å². The first-order valence-electron chi connectivity index (χ1n) is 9.85. The Balaban J connectivity index is 1.69. The highest BCUT2D eigenvalue weighted by Gasteiger charge is 2.21. The molecule has 1 N–H and O–H groups in total. The third-order valence-corrected chi connectivity index (χ3v) is 5.43. The molecule has 1 aromatic heterocycles. The molecule has 0 bridgehead atoms. The van der Waals surface area contributed by atoms with Gasteiger partial charge in [-0.05, 0) is 55.3 Å². The lowest BCUT2D eigenvalue weighted by molar-refractivity contribution is -0.113. The molecule has 1 heterocycles. The van der Waals surface area contributed by atoms with Crippen molar-refractivity contribution in [3.8, 4) is 5.75 Å². The largest absolute Gasteiger partial charge is 0.483 e. The number of carbonyl (C=O) groups excluding carboxylic acids is 1. The molecular weight excluding hydrogens is 439 g/mol. The van der Waals surface area contributed by atoms with Gasteiger partial charge in [0, 0.05) is 17.3 Å². The lowest BCUT2D eigenvalue weighted by atomic mass is 10.2. The van der Waals surface area contributed by atoms with Gasteiger partial charge in [-0.25, -0.2) is 4.39 Å². The van der Waals surface area contributed by atoms with Gasteiger partial charge in [0.05, 0.1) is 5.75 Å². The predicted octanol–water partition coefficient (Wildman–Crippen LogP) is 5.60. The minimum Gasteiger partial charge on any atom is -0.483 e. The number of benzene rings is 2. The van der Waals surface area contributed by atoms with E-state index < -0.39 is 6.10 Å². The SMILES string of the molecule is CC(C)Cn1c(SCC(=O)Nc2cccc(Cl)c2)nnc1C(C)Oc1ccc(F)cc1. The third kappa shape index (κ3) is 6.70. The standard InChI is InChI=1S/C22H24ClFN4O2S/c1-14(2)12-28-21(15(3)30-19-9-7-17(24)8-10-19)26-27-22(28)31-13-20(29)25-18-6-4-5-16(23)11-18/h4-11,14-15H,12-13H2,1-3H3,(H,25,29). The number of halogens is 2. The van der Waals surface area contributed by atoms with Gasteiger partial charge in [-0.2, -0.15) is 0 Å². The summed E-state index contributed by atoms with van der Waals surface area (Å²) < 4.78 is 21.0. The number of ether oxygens (including phenoxy) is 1. The van der Waals surface area contributed by atoms with E-state index in [1.54, 1.807) is 36.4 Å². The number of carbonyl (C=O) groups is 1. The second-order valence-electron chi connectivity index (χ2n) is 7.41. The molecule has 0 radical (unpaired) electrons. The first-order valence-corrected chi connectivity index (χ1v) is 11.2. The molecule has 0 aliphatic heterocycles. The minimum atomic E-state index is -0.397. The average Bonchev–Trinajstić information content (AvgIpc) is 3.10. The fourth-order valence-electron chi connectivity index (χ4n) is 2.91. The van der Waals surface area contributed by atoms with Crippen molar-refractivity contribution in [1.82, 2.24) is 14.8 Å². The zero-order valence-corrected chi connectivity index (χ0v) is 19.1. The van der Waals surface area contributed by atoms with E-state index in [9.17, 15) is 9.18 Å². The van der Waals surface area contributed by atoms with Crippen LogP contribution in [0.25, 0.3) is 0 Å². The average molecular weight is 463 g/mol. The summed E-state index contributed by atoms with van der Waals surface area (Å²) in [5.74, 6) is 1.23. The van der Waals surface area contributed by atoms with Crippen molar-refractivity contribution in [2.45, 2.75) is 38.6 Å². The van der Waals surface area contributed by atoms with Crippen LogP contribution in [0.15, 0.2) is 53.7 Å². The van der Waals surface area contributed by atoms with E-state index in [0.29, 0.717) is 39.9 Å². The van der Waals surface area contributed by atoms with Gasteiger partial charge in [0.25, 0.3) is 0 Å². The van der Waals surface area contributed by atoms with E-state index >= 15 is 0 Å². The van der Waals surface area contributed by atoms with Crippen LogP contribution in [0.1, 0.15) is 32.7 Å². The number of hydrogen-bond acceptors (Lipinski definition) is 5. The zero-order chi connectivity index (χ0) is 22.4. The summed E-state index contributed by atoms with van der Waals surface area (Å²) >= 11 is 7.27. The van der Waals surface area contributed by atoms with Crippen LogP contribution in [0.4, 0.5) is 10.1 Å². The lowest BCUT2D eigenvalue weighted by Gasteiger charge is -2.17. The molecular formula is C22H24ClFN4O2S. The van der Waals surface area contributed by atoms with E-state index in [4.69, 9.17) is 16.3 Å². The smallest absolute Gasteiger partial charge is 0.234 e. The van der Waals surface area contributed by atoms with Crippen molar-refractivity contribution < 1.29 is 13.9 Å². The zero-order valence-electron chi connectivity index (χ0n) is 17.5. The number of aromatic nitrogens is 3. The summed E-state index contributed by atoms with van der Waals surface area (Å²) in [7, 11) is 0. The molecule has 164 valence electrons. The third-order valence-electron chi connectivity index (χ3n) is 4.22. The molecule has 0 saturated carbocycles. The quantitative estimate of drug-likeness (QED) is 0.419. The van der Waals surface area contributed by atoms with Crippen LogP contribution in [-0.4, -0.2) is 26.4 Å². The summed E-state index contributed by atoms with van der Waals surface area (Å²) in [4.78, 5) is 12.4. The van der Waals surface area contributed by atoms with Crippen LogP contribution < -0.4 is 10.1 Å². The Labute approximate surface area is 190 Å². The maximum absolute atomic E-state index is 13.1. The molecule has 0 aliphatic carbocycles. The van der Waals surface area contributed by atoms with Gasteiger partial charge in [-0.1, -0.05) is 43.3 Å². The van der Waals surface area contributed by atoms with E-state index in [0.717, 1.165) is 0 Å². The number of anilines is 1. The Morgan fingerprint density at radius 2 is 1.94 bits per heavy atom. The van der Waals surface area contributed by atoms with E-state index in [1.807, 2.05) is 11.5 Å². The molecule has 1 unspecified atom stereocenters. The Morgan fingerprint density at radius 1 is 1.19 bits per heavy atom. The molecule has 0 aliphatic rings. The van der Waals surface area contributed by atoms with Crippen LogP contribution in [-0.2, 0) is 11.3 Å². The van der Waals surface area contributed by atoms with Gasteiger partial charge >= 0.3 is 0 Å². The van der Waals surface area contributed by atoms with Crippen molar-refractivity contribution in [2.75, 3.05) is 11.1 Å². The number of nitrogens with one attached hydrogen (secondary N) is 1. The fraction of sp³-hybridized carbons (Fsp3) is 0.318. The number of hydrogen-bond donors (Lipinski definition) is 1. The second kappa shape index (κ2) is 10.6. The van der Waals surface area contributed by atoms with Crippen LogP contribution >= 0.6 is 23.4 Å². The molecule has 0 spiro atoms. The molecule has 1 atom stereocenters. The Kier molecular flexibility index (Phi) is 7.92.